The summed E-state index contributed by atoms with van der Waals surface area (Å²) in [4.78, 5) is 24.2. The molecule has 0 aliphatic heterocycles. The molecule has 28 heavy (non-hydrogen) atoms. The van der Waals surface area contributed by atoms with E-state index in [9.17, 15) is 9.59 Å². The molecule has 1 aromatic heterocycles. The summed E-state index contributed by atoms with van der Waals surface area (Å²) in [5.41, 5.74) is 0.486. The normalized spacial score (nSPS) is 12.4. The molecule has 1 aromatic carbocycles. The first kappa shape index (κ1) is 21.7. The number of methoxy groups -OCH3 is 1. The Kier molecular flexibility index (Phi) is 7.06. The van der Waals surface area contributed by atoms with Crippen LogP contribution in [0.1, 0.15) is 34.6 Å². The summed E-state index contributed by atoms with van der Waals surface area (Å²) in [6.45, 7) is 9.91. The van der Waals surface area contributed by atoms with E-state index in [0.717, 1.165) is 11.3 Å². The van der Waals surface area contributed by atoms with Crippen molar-refractivity contribution in [2.75, 3.05) is 7.11 Å². The summed E-state index contributed by atoms with van der Waals surface area (Å²) >= 11 is 1.26. The zero-order valence-corrected chi connectivity index (χ0v) is 17.9. The lowest BCUT2D eigenvalue weighted by Gasteiger charge is -2.21. The van der Waals surface area contributed by atoms with Crippen LogP contribution in [-0.4, -0.2) is 44.6 Å². The van der Waals surface area contributed by atoms with Gasteiger partial charge in [0.05, 0.1) is 12.4 Å². The van der Waals surface area contributed by atoms with Crippen molar-refractivity contribution >= 4 is 23.7 Å². The number of nitrogens with zero attached hydrogens (tertiary/aromatic N) is 3. The molecule has 8 nitrogen and oxygen atoms in total. The van der Waals surface area contributed by atoms with E-state index in [-0.39, 0.29) is 5.91 Å². The number of rotatable bonds is 6. The maximum atomic E-state index is 12.3. The van der Waals surface area contributed by atoms with Crippen molar-refractivity contribution in [2.24, 2.45) is 0 Å². The molecule has 0 aliphatic carbocycles. The summed E-state index contributed by atoms with van der Waals surface area (Å²) in [5, 5.41) is 13.7. The largest absolute Gasteiger partial charge is 0.497 e. The average Bonchev–Trinajstić information content (AvgIpc) is 3.02. The van der Waals surface area contributed by atoms with Crippen LogP contribution in [-0.2, 0) is 11.3 Å². The van der Waals surface area contributed by atoms with Crippen LogP contribution in [0.25, 0.3) is 11.4 Å². The molecular formula is C19H27N5O3S. The van der Waals surface area contributed by atoms with Gasteiger partial charge in [0, 0.05) is 17.6 Å². The van der Waals surface area contributed by atoms with Gasteiger partial charge in [-0.2, -0.15) is 0 Å². The molecule has 2 rings (SSSR count). The number of benzene rings is 1. The lowest BCUT2D eigenvalue weighted by Crippen LogP contribution is -2.49. The van der Waals surface area contributed by atoms with Gasteiger partial charge in [0.1, 0.15) is 5.75 Å². The lowest BCUT2D eigenvalue weighted by atomic mass is 10.1. The zero-order valence-electron chi connectivity index (χ0n) is 17.1. The molecule has 0 bridgehead atoms. The molecule has 1 atom stereocenters. The van der Waals surface area contributed by atoms with E-state index in [0.29, 0.717) is 17.5 Å². The highest BCUT2D eigenvalue weighted by atomic mass is 32.2. The third-order valence-corrected chi connectivity index (χ3v) is 4.84. The zero-order chi connectivity index (χ0) is 20.9. The molecule has 1 heterocycles. The Morgan fingerprint density at radius 3 is 2.39 bits per heavy atom. The van der Waals surface area contributed by atoms with Crippen molar-refractivity contribution in [1.82, 2.24) is 25.4 Å². The molecule has 2 aromatic rings. The molecule has 3 amide bonds. The fraction of sp³-hybridized carbons (Fsp3) is 0.474. The molecule has 0 radical (unpaired) electrons. The Morgan fingerprint density at radius 1 is 1.21 bits per heavy atom. The fourth-order valence-electron chi connectivity index (χ4n) is 2.41. The van der Waals surface area contributed by atoms with Crippen LogP contribution in [0.5, 0.6) is 5.75 Å². The number of imide groups is 1. The van der Waals surface area contributed by atoms with E-state index in [1.807, 2.05) is 56.5 Å². The number of carbonyl (C=O) groups is 2. The predicted octanol–water partition coefficient (Wildman–Crippen LogP) is 3.08. The smallest absolute Gasteiger partial charge is 0.321 e. The SMILES string of the molecule is CCn1c(S[C@H](C)C(=O)NC(=O)NC(C)(C)C)nnc1-c1ccc(OC)cc1. The summed E-state index contributed by atoms with van der Waals surface area (Å²) in [7, 11) is 1.62. The third-order valence-electron chi connectivity index (χ3n) is 3.76. The molecule has 2 N–H and O–H groups in total. The molecule has 0 aliphatic rings. The van der Waals surface area contributed by atoms with Crippen molar-refractivity contribution in [3.8, 4) is 17.1 Å². The summed E-state index contributed by atoms with van der Waals surface area (Å²) in [5.74, 6) is 1.09. The minimum Gasteiger partial charge on any atom is -0.497 e. The minimum absolute atomic E-state index is 0.386. The average molecular weight is 406 g/mol. The highest BCUT2D eigenvalue weighted by Crippen LogP contribution is 2.27. The van der Waals surface area contributed by atoms with E-state index < -0.39 is 16.8 Å². The molecule has 9 heteroatoms. The number of carbonyl (C=O) groups excluding carboxylic acids is 2. The number of ether oxygens (including phenoxy) is 1. The second-order valence-corrected chi connectivity index (χ2v) is 8.54. The minimum atomic E-state index is -0.513. The first-order valence-electron chi connectivity index (χ1n) is 9.02. The molecule has 0 fully saturated rings. The Bertz CT molecular complexity index is 827. The van der Waals surface area contributed by atoms with Crippen LogP contribution >= 0.6 is 11.8 Å². The van der Waals surface area contributed by atoms with Crippen LogP contribution in [0.3, 0.4) is 0 Å². The maximum Gasteiger partial charge on any atom is 0.321 e. The molecule has 152 valence electrons. The number of thioether (sulfide) groups is 1. The molecule has 0 saturated heterocycles. The van der Waals surface area contributed by atoms with Gasteiger partial charge in [-0.25, -0.2) is 4.79 Å². The molecule has 0 spiro atoms. The van der Waals surface area contributed by atoms with Gasteiger partial charge in [-0.05, 0) is 58.9 Å². The van der Waals surface area contributed by atoms with Crippen molar-refractivity contribution in [2.45, 2.75) is 57.1 Å². The quantitative estimate of drug-likeness (QED) is 0.717. The Balaban J connectivity index is 2.10. The van der Waals surface area contributed by atoms with Crippen molar-refractivity contribution in [3.05, 3.63) is 24.3 Å². The predicted molar refractivity (Wildman–Crippen MR) is 109 cm³/mol. The standard InChI is InChI=1S/C19H27N5O3S/c1-7-24-15(13-8-10-14(27-6)11-9-13)22-23-18(24)28-12(2)16(25)20-17(26)21-19(3,4)5/h8-12H,7H2,1-6H3,(H2,20,21,25,26)/t12-/m1/s1. The number of hydrogen-bond donors (Lipinski definition) is 2. The van der Waals surface area contributed by atoms with Crippen LogP contribution < -0.4 is 15.4 Å². The van der Waals surface area contributed by atoms with Crippen LogP contribution in [0.2, 0.25) is 0 Å². The first-order valence-corrected chi connectivity index (χ1v) is 9.90. The number of hydrogen-bond acceptors (Lipinski definition) is 6. The molecular weight excluding hydrogens is 378 g/mol. The molecule has 0 unspecified atom stereocenters. The highest BCUT2D eigenvalue weighted by molar-refractivity contribution is 8.00. The van der Waals surface area contributed by atoms with E-state index in [2.05, 4.69) is 20.8 Å². The number of urea groups is 1. The van der Waals surface area contributed by atoms with Crippen molar-refractivity contribution in [1.29, 1.82) is 0 Å². The highest BCUT2D eigenvalue weighted by Gasteiger charge is 2.23. The summed E-state index contributed by atoms with van der Waals surface area (Å²) in [6, 6.07) is 7.04. The van der Waals surface area contributed by atoms with Crippen molar-refractivity contribution < 1.29 is 14.3 Å². The monoisotopic (exact) mass is 405 g/mol. The Morgan fingerprint density at radius 2 is 1.86 bits per heavy atom. The number of amides is 3. The summed E-state index contributed by atoms with van der Waals surface area (Å²) < 4.78 is 7.12. The van der Waals surface area contributed by atoms with Gasteiger partial charge in [0.15, 0.2) is 11.0 Å². The molecule has 0 saturated carbocycles. The van der Waals surface area contributed by atoms with Gasteiger partial charge in [0.25, 0.3) is 0 Å². The van der Waals surface area contributed by atoms with Crippen LogP contribution in [0.4, 0.5) is 4.79 Å². The van der Waals surface area contributed by atoms with E-state index >= 15 is 0 Å². The lowest BCUT2D eigenvalue weighted by molar-refractivity contribution is -0.119. The number of aromatic nitrogens is 3. The van der Waals surface area contributed by atoms with Gasteiger partial charge in [-0.15, -0.1) is 10.2 Å². The van der Waals surface area contributed by atoms with Gasteiger partial charge in [-0.3, -0.25) is 10.1 Å². The van der Waals surface area contributed by atoms with Crippen LogP contribution in [0, 0.1) is 0 Å². The third kappa shape index (κ3) is 5.72. The van der Waals surface area contributed by atoms with Gasteiger partial charge in [0.2, 0.25) is 5.91 Å². The first-order chi connectivity index (χ1) is 13.1. The Labute approximate surface area is 169 Å². The summed E-state index contributed by atoms with van der Waals surface area (Å²) in [6.07, 6.45) is 0. The van der Waals surface area contributed by atoms with Crippen molar-refractivity contribution in [3.63, 3.8) is 0 Å². The number of nitrogens with one attached hydrogen (secondary N) is 2. The second kappa shape index (κ2) is 9.09. The van der Waals surface area contributed by atoms with Gasteiger partial charge in [-0.1, -0.05) is 11.8 Å². The van der Waals surface area contributed by atoms with E-state index in [1.165, 1.54) is 11.8 Å². The topological polar surface area (TPSA) is 98.1 Å². The van der Waals surface area contributed by atoms with E-state index in [4.69, 9.17) is 4.74 Å². The van der Waals surface area contributed by atoms with Gasteiger partial charge >= 0.3 is 6.03 Å². The van der Waals surface area contributed by atoms with Gasteiger partial charge < -0.3 is 14.6 Å². The Hall–Kier alpha value is -2.55. The second-order valence-electron chi connectivity index (χ2n) is 7.23. The maximum absolute atomic E-state index is 12.3. The van der Waals surface area contributed by atoms with E-state index in [1.54, 1.807) is 14.0 Å². The fourth-order valence-corrected chi connectivity index (χ4v) is 3.32. The van der Waals surface area contributed by atoms with Crippen LogP contribution in [0.15, 0.2) is 29.4 Å².